The molecular weight excluding hydrogens is 286 g/mol. The summed E-state index contributed by atoms with van der Waals surface area (Å²) in [6, 6.07) is 0.254. The van der Waals surface area contributed by atoms with Crippen molar-refractivity contribution < 1.29 is 4.79 Å². The molecule has 7 heteroatoms. The Balaban J connectivity index is 1.97. The van der Waals surface area contributed by atoms with Gasteiger partial charge in [0.05, 0.1) is 0 Å². The number of nitrogens with one attached hydrogen (secondary N) is 1. The number of aromatic nitrogens is 3. The Morgan fingerprint density at radius 1 is 1.67 bits per heavy atom. The number of aryl methyl sites for hydroxylation is 1. The molecule has 2 atom stereocenters. The van der Waals surface area contributed by atoms with Crippen LogP contribution in [-0.4, -0.2) is 38.0 Å². The van der Waals surface area contributed by atoms with Gasteiger partial charge in [0.25, 0.3) is 0 Å². The number of carbonyl (C=O) groups excluding carboxylic acids is 1. The molecule has 1 amide bonds. The van der Waals surface area contributed by atoms with Crippen molar-refractivity contribution >= 4 is 17.7 Å². The van der Waals surface area contributed by atoms with Crippen LogP contribution < -0.4 is 11.1 Å². The molecule has 1 fully saturated rings. The number of amides is 1. The van der Waals surface area contributed by atoms with Gasteiger partial charge in [-0.15, -0.1) is 0 Å². The summed E-state index contributed by atoms with van der Waals surface area (Å²) < 4.78 is 1.77. The summed E-state index contributed by atoms with van der Waals surface area (Å²) in [7, 11) is 1.89. The van der Waals surface area contributed by atoms with Gasteiger partial charge in [0.2, 0.25) is 5.91 Å². The Morgan fingerprint density at radius 3 is 3.00 bits per heavy atom. The van der Waals surface area contributed by atoms with Crippen molar-refractivity contribution in [2.24, 2.45) is 18.7 Å². The zero-order chi connectivity index (χ0) is 15.5. The maximum absolute atomic E-state index is 12.0. The van der Waals surface area contributed by atoms with Crippen molar-refractivity contribution in [1.82, 2.24) is 20.1 Å². The van der Waals surface area contributed by atoms with Crippen molar-refractivity contribution in [2.45, 2.75) is 56.3 Å². The Bertz CT molecular complexity index is 489. The lowest BCUT2D eigenvalue weighted by molar-refractivity contribution is -0.126. The highest BCUT2D eigenvalue weighted by atomic mass is 32.2. The Hall–Kier alpha value is -1.08. The zero-order valence-corrected chi connectivity index (χ0v) is 13.8. The summed E-state index contributed by atoms with van der Waals surface area (Å²) in [6.07, 6.45) is 5.48. The monoisotopic (exact) mass is 311 g/mol. The first-order chi connectivity index (χ1) is 9.95. The fourth-order valence-corrected chi connectivity index (χ4v) is 4.22. The van der Waals surface area contributed by atoms with Gasteiger partial charge in [0.15, 0.2) is 5.16 Å². The average Bonchev–Trinajstić information content (AvgIpc) is 2.97. The van der Waals surface area contributed by atoms with E-state index >= 15 is 0 Å². The van der Waals surface area contributed by atoms with E-state index in [9.17, 15) is 4.79 Å². The highest BCUT2D eigenvalue weighted by Crippen LogP contribution is 2.39. The predicted octanol–water partition coefficient (Wildman–Crippen LogP) is 1.32. The van der Waals surface area contributed by atoms with Crippen LogP contribution in [0.3, 0.4) is 0 Å². The van der Waals surface area contributed by atoms with Crippen molar-refractivity contribution in [3.05, 3.63) is 6.33 Å². The number of carbonyl (C=O) groups is 1. The maximum Gasteiger partial charge on any atom is 0.238 e. The molecule has 0 radical (unpaired) electrons. The fraction of sp³-hybridized carbons (Fsp3) is 0.786. The highest BCUT2D eigenvalue weighted by Gasteiger charge is 2.47. The van der Waals surface area contributed by atoms with Crippen LogP contribution in [0.2, 0.25) is 0 Å². The molecule has 1 saturated carbocycles. The van der Waals surface area contributed by atoms with Gasteiger partial charge in [-0.3, -0.25) is 4.79 Å². The lowest BCUT2D eigenvalue weighted by atomic mass is 9.83. The third-order valence-electron chi connectivity index (χ3n) is 4.17. The molecule has 2 unspecified atom stereocenters. The summed E-state index contributed by atoms with van der Waals surface area (Å²) >= 11 is 1.68. The van der Waals surface area contributed by atoms with Crippen molar-refractivity contribution in [3.63, 3.8) is 0 Å². The summed E-state index contributed by atoms with van der Waals surface area (Å²) in [5.74, 6) is 1.02. The molecule has 3 N–H and O–H groups in total. The van der Waals surface area contributed by atoms with Crippen LogP contribution in [0.25, 0.3) is 0 Å². The van der Waals surface area contributed by atoms with Gasteiger partial charge in [-0.1, -0.05) is 18.2 Å². The Kier molecular flexibility index (Phi) is 5.27. The Labute approximate surface area is 130 Å². The molecule has 1 aromatic rings. The van der Waals surface area contributed by atoms with E-state index in [2.05, 4.69) is 29.2 Å². The number of hydrogen-bond donors (Lipinski definition) is 2. The quantitative estimate of drug-likeness (QED) is 0.742. The number of thioether (sulfide) groups is 1. The summed E-state index contributed by atoms with van der Waals surface area (Å²) in [4.78, 5) is 16.2. The lowest BCUT2D eigenvalue weighted by Gasteiger charge is -2.35. The van der Waals surface area contributed by atoms with Gasteiger partial charge in [0.1, 0.15) is 11.9 Å². The van der Waals surface area contributed by atoms with Crippen molar-refractivity contribution in [2.75, 3.05) is 5.75 Å². The van der Waals surface area contributed by atoms with Crippen LogP contribution >= 0.6 is 11.8 Å². The molecule has 1 aliphatic carbocycles. The number of primary amides is 1. The molecule has 118 valence electrons. The van der Waals surface area contributed by atoms with E-state index in [0.717, 1.165) is 36.6 Å². The van der Waals surface area contributed by atoms with Crippen molar-refractivity contribution in [3.8, 4) is 0 Å². The molecule has 6 nitrogen and oxygen atoms in total. The topological polar surface area (TPSA) is 85.8 Å². The first-order valence-corrected chi connectivity index (χ1v) is 8.48. The van der Waals surface area contributed by atoms with E-state index in [1.807, 2.05) is 7.05 Å². The maximum atomic E-state index is 12.0. The molecule has 1 heterocycles. The highest BCUT2D eigenvalue weighted by molar-refractivity contribution is 7.99. The van der Waals surface area contributed by atoms with E-state index < -0.39 is 5.54 Å². The number of rotatable bonds is 7. The van der Waals surface area contributed by atoms with Gasteiger partial charge in [-0.2, -0.15) is 5.10 Å². The smallest absolute Gasteiger partial charge is 0.238 e. The molecule has 1 aliphatic rings. The van der Waals surface area contributed by atoms with E-state index in [0.29, 0.717) is 5.92 Å². The third-order valence-corrected chi connectivity index (χ3v) is 5.24. The number of nitrogens with two attached hydrogens (primary N) is 1. The van der Waals surface area contributed by atoms with E-state index in [1.165, 1.54) is 0 Å². The summed E-state index contributed by atoms with van der Waals surface area (Å²) in [5.41, 5.74) is 5.19. The standard InChI is InChI=1S/C14H25N5OS/c1-10(2)18-14(12(15)20)7-4-5-11(14)6-8-21-13-16-9-17-19(13)3/h9-11,18H,4-8H2,1-3H3,(H2,15,20). The first kappa shape index (κ1) is 16.3. The minimum absolute atomic E-state index is 0.206. The number of hydrogen-bond acceptors (Lipinski definition) is 5. The van der Waals surface area contributed by atoms with E-state index in [4.69, 9.17) is 5.73 Å². The second-order valence-electron chi connectivity index (χ2n) is 6.03. The van der Waals surface area contributed by atoms with Gasteiger partial charge >= 0.3 is 0 Å². The van der Waals surface area contributed by atoms with Crippen molar-refractivity contribution in [1.29, 1.82) is 0 Å². The molecule has 0 aliphatic heterocycles. The minimum atomic E-state index is -0.533. The molecule has 0 saturated heterocycles. The first-order valence-electron chi connectivity index (χ1n) is 7.50. The largest absolute Gasteiger partial charge is 0.368 e. The van der Waals surface area contributed by atoms with E-state index in [1.54, 1.807) is 22.8 Å². The van der Waals surface area contributed by atoms with Crippen LogP contribution in [0.4, 0.5) is 0 Å². The van der Waals surface area contributed by atoms with Crippen LogP contribution in [0.5, 0.6) is 0 Å². The van der Waals surface area contributed by atoms with Crippen LogP contribution in [0, 0.1) is 5.92 Å². The average molecular weight is 311 g/mol. The lowest BCUT2D eigenvalue weighted by Crippen LogP contribution is -2.60. The van der Waals surface area contributed by atoms with Gasteiger partial charge < -0.3 is 11.1 Å². The van der Waals surface area contributed by atoms with Crippen LogP contribution in [-0.2, 0) is 11.8 Å². The molecule has 0 spiro atoms. The fourth-order valence-electron chi connectivity index (χ4n) is 3.28. The third kappa shape index (κ3) is 3.58. The predicted molar refractivity (Wildman–Crippen MR) is 83.9 cm³/mol. The number of nitrogens with zero attached hydrogens (tertiary/aromatic N) is 3. The molecule has 0 bridgehead atoms. The van der Waals surface area contributed by atoms with Gasteiger partial charge in [0, 0.05) is 18.8 Å². The van der Waals surface area contributed by atoms with Crippen LogP contribution in [0.15, 0.2) is 11.5 Å². The molecule has 0 aromatic carbocycles. The van der Waals surface area contributed by atoms with Crippen LogP contribution in [0.1, 0.15) is 39.5 Å². The van der Waals surface area contributed by atoms with Gasteiger partial charge in [-0.05, 0) is 39.0 Å². The molecule has 1 aromatic heterocycles. The second-order valence-corrected chi connectivity index (χ2v) is 7.09. The summed E-state index contributed by atoms with van der Waals surface area (Å²) in [5, 5.41) is 8.42. The SMILES string of the molecule is CC(C)NC1(C(N)=O)CCCC1CCSc1ncnn1C. The summed E-state index contributed by atoms with van der Waals surface area (Å²) in [6.45, 7) is 4.13. The molecular formula is C14H25N5OS. The Morgan fingerprint density at radius 2 is 2.43 bits per heavy atom. The van der Waals surface area contributed by atoms with Gasteiger partial charge in [-0.25, -0.2) is 9.67 Å². The second kappa shape index (κ2) is 6.79. The zero-order valence-electron chi connectivity index (χ0n) is 13.0. The minimum Gasteiger partial charge on any atom is -0.368 e. The molecule has 2 rings (SSSR count). The normalized spacial score (nSPS) is 25.6. The molecule has 21 heavy (non-hydrogen) atoms. The van der Waals surface area contributed by atoms with E-state index in [-0.39, 0.29) is 11.9 Å².